The quantitative estimate of drug-likeness (QED) is 0.698. The first-order valence-electron chi connectivity index (χ1n) is 5.96. The van der Waals surface area contributed by atoms with Gasteiger partial charge in [0.15, 0.2) is 0 Å². The van der Waals surface area contributed by atoms with E-state index in [2.05, 4.69) is 0 Å². The van der Waals surface area contributed by atoms with Crippen LogP contribution in [0.1, 0.15) is 19.3 Å². The summed E-state index contributed by atoms with van der Waals surface area (Å²) in [5.41, 5.74) is 5.54. The molecule has 2 aliphatic rings. The third-order valence-electron chi connectivity index (χ3n) is 3.41. The molecule has 0 aromatic heterocycles. The van der Waals surface area contributed by atoms with Crippen molar-refractivity contribution in [2.75, 3.05) is 32.7 Å². The molecule has 1 unspecified atom stereocenters. The predicted octanol–water partition coefficient (Wildman–Crippen LogP) is -0.584. The average molecular weight is 225 g/mol. The molecule has 16 heavy (non-hydrogen) atoms. The van der Waals surface area contributed by atoms with Crippen LogP contribution in [0.3, 0.4) is 0 Å². The monoisotopic (exact) mass is 225 g/mol. The maximum atomic E-state index is 11.8. The summed E-state index contributed by atoms with van der Waals surface area (Å²) in [6.07, 6.45) is 2.68. The third kappa shape index (κ3) is 2.35. The summed E-state index contributed by atoms with van der Waals surface area (Å²) in [5, 5.41) is 0. The standard InChI is InChI=1S/C11H19N3O2/c12-6-9-5-10(15)14(7-9)8-11(16)13-3-1-2-4-13/h9H,1-8,12H2. The normalized spacial score (nSPS) is 25.6. The second-order valence-corrected chi connectivity index (χ2v) is 4.67. The Balaban J connectivity index is 1.85. The van der Waals surface area contributed by atoms with Crippen LogP contribution in [0.15, 0.2) is 0 Å². The Morgan fingerprint density at radius 3 is 2.62 bits per heavy atom. The van der Waals surface area contributed by atoms with Crippen molar-refractivity contribution in [2.24, 2.45) is 11.7 Å². The van der Waals surface area contributed by atoms with Gasteiger partial charge in [0.05, 0.1) is 6.54 Å². The topological polar surface area (TPSA) is 66.6 Å². The first-order chi connectivity index (χ1) is 7.70. The van der Waals surface area contributed by atoms with Gasteiger partial charge in [-0.15, -0.1) is 0 Å². The molecule has 2 rings (SSSR count). The van der Waals surface area contributed by atoms with Crippen molar-refractivity contribution >= 4 is 11.8 Å². The first-order valence-corrected chi connectivity index (χ1v) is 5.96. The van der Waals surface area contributed by atoms with Crippen LogP contribution in [-0.2, 0) is 9.59 Å². The van der Waals surface area contributed by atoms with Crippen molar-refractivity contribution in [3.05, 3.63) is 0 Å². The van der Waals surface area contributed by atoms with E-state index in [1.807, 2.05) is 4.90 Å². The summed E-state index contributed by atoms with van der Waals surface area (Å²) in [5.74, 6) is 0.394. The Morgan fingerprint density at radius 1 is 1.38 bits per heavy atom. The Morgan fingerprint density at radius 2 is 2.06 bits per heavy atom. The molecule has 2 fully saturated rings. The van der Waals surface area contributed by atoms with Gasteiger partial charge in [0.2, 0.25) is 11.8 Å². The fourth-order valence-electron chi connectivity index (χ4n) is 2.39. The highest BCUT2D eigenvalue weighted by atomic mass is 16.2. The summed E-state index contributed by atoms with van der Waals surface area (Å²) in [4.78, 5) is 26.9. The van der Waals surface area contributed by atoms with E-state index in [0.29, 0.717) is 19.5 Å². The largest absolute Gasteiger partial charge is 0.341 e. The van der Waals surface area contributed by atoms with Crippen LogP contribution in [-0.4, -0.2) is 54.3 Å². The summed E-state index contributed by atoms with van der Waals surface area (Å²) in [7, 11) is 0. The van der Waals surface area contributed by atoms with Crippen LogP contribution < -0.4 is 5.73 Å². The van der Waals surface area contributed by atoms with E-state index in [4.69, 9.17) is 5.73 Å². The van der Waals surface area contributed by atoms with Gasteiger partial charge in [0, 0.05) is 26.1 Å². The number of nitrogens with two attached hydrogens (primary N) is 1. The van der Waals surface area contributed by atoms with Crippen molar-refractivity contribution in [2.45, 2.75) is 19.3 Å². The SMILES string of the molecule is NCC1CC(=O)N(CC(=O)N2CCCC2)C1. The van der Waals surface area contributed by atoms with E-state index in [1.165, 1.54) is 0 Å². The fourth-order valence-corrected chi connectivity index (χ4v) is 2.39. The molecule has 0 bridgehead atoms. The van der Waals surface area contributed by atoms with Crippen LogP contribution in [0, 0.1) is 5.92 Å². The number of rotatable bonds is 3. The lowest BCUT2D eigenvalue weighted by molar-refractivity contribution is -0.137. The molecule has 1 atom stereocenters. The number of amides is 2. The molecule has 2 N–H and O–H groups in total. The zero-order valence-corrected chi connectivity index (χ0v) is 9.52. The molecule has 0 saturated carbocycles. The summed E-state index contributed by atoms with van der Waals surface area (Å²) >= 11 is 0. The van der Waals surface area contributed by atoms with Crippen LogP contribution in [0.5, 0.6) is 0 Å². The summed E-state index contributed by atoms with van der Waals surface area (Å²) in [6, 6.07) is 0. The number of nitrogens with zero attached hydrogens (tertiary/aromatic N) is 2. The Bertz CT molecular complexity index is 287. The highest BCUT2D eigenvalue weighted by Crippen LogP contribution is 2.17. The molecule has 0 aromatic carbocycles. The Labute approximate surface area is 95.6 Å². The molecule has 0 spiro atoms. The second kappa shape index (κ2) is 4.82. The maximum Gasteiger partial charge on any atom is 0.242 e. The third-order valence-corrected chi connectivity index (χ3v) is 3.41. The molecule has 90 valence electrons. The van der Waals surface area contributed by atoms with Crippen molar-refractivity contribution in [1.82, 2.24) is 9.80 Å². The van der Waals surface area contributed by atoms with Gasteiger partial charge >= 0.3 is 0 Å². The lowest BCUT2D eigenvalue weighted by Gasteiger charge is -2.21. The van der Waals surface area contributed by atoms with Crippen molar-refractivity contribution in [1.29, 1.82) is 0 Å². The molecule has 2 heterocycles. The minimum Gasteiger partial charge on any atom is -0.341 e. The van der Waals surface area contributed by atoms with E-state index in [-0.39, 0.29) is 24.3 Å². The number of carbonyl (C=O) groups excluding carboxylic acids is 2. The minimum absolute atomic E-state index is 0.0722. The number of hydrogen-bond donors (Lipinski definition) is 1. The lowest BCUT2D eigenvalue weighted by atomic mass is 10.1. The molecule has 2 aliphatic heterocycles. The first kappa shape index (κ1) is 11.4. The van der Waals surface area contributed by atoms with Gasteiger partial charge in [-0.05, 0) is 25.3 Å². The van der Waals surface area contributed by atoms with Gasteiger partial charge in [-0.25, -0.2) is 0 Å². The predicted molar refractivity (Wildman–Crippen MR) is 59.6 cm³/mol. The highest BCUT2D eigenvalue weighted by Gasteiger charge is 2.31. The maximum absolute atomic E-state index is 11.8. The summed E-state index contributed by atoms with van der Waals surface area (Å²) < 4.78 is 0. The average Bonchev–Trinajstić information content (AvgIpc) is 2.88. The van der Waals surface area contributed by atoms with E-state index in [1.54, 1.807) is 4.90 Å². The van der Waals surface area contributed by atoms with Gasteiger partial charge in [-0.3, -0.25) is 9.59 Å². The van der Waals surface area contributed by atoms with Gasteiger partial charge in [-0.1, -0.05) is 0 Å². The fraction of sp³-hybridized carbons (Fsp3) is 0.818. The zero-order chi connectivity index (χ0) is 11.5. The molecule has 0 radical (unpaired) electrons. The molecule has 5 heteroatoms. The lowest BCUT2D eigenvalue weighted by Crippen LogP contribution is -2.39. The summed E-state index contributed by atoms with van der Waals surface area (Å²) in [6.45, 7) is 3.12. The molecular formula is C11H19N3O2. The molecule has 0 aliphatic carbocycles. The highest BCUT2D eigenvalue weighted by molar-refractivity contribution is 5.86. The zero-order valence-electron chi connectivity index (χ0n) is 9.52. The van der Waals surface area contributed by atoms with Crippen molar-refractivity contribution in [3.63, 3.8) is 0 Å². The molecule has 2 amide bonds. The van der Waals surface area contributed by atoms with Crippen molar-refractivity contribution in [3.8, 4) is 0 Å². The second-order valence-electron chi connectivity index (χ2n) is 4.67. The molecule has 2 saturated heterocycles. The Hall–Kier alpha value is -1.10. The van der Waals surface area contributed by atoms with Crippen LogP contribution >= 0.6 is 0 Å². The number of likely N-dealkylation sites (tertiary alicyclic amines) is 2. The van der Waals surface area contributed by atoms with Crippen molar-refractivity contribution < 1.29 is 9.59 Å². The number of carbonyl (C=O) groups is 2. The smallest absolute Gasteiger partial charge is 0.242 e. The van der Waals surface area contributed by atoms with Crippen LogP contribution in [0.4, 0.5) is 0 Å². The molecular weight excluding hydrogens is 206 g/mol. The van der Waals surface area contributed by atoms with Gasteiger partial charge in [0.1, 0.15) is 0 Å². The number of hydrogen-bond acceptors (Lipinski definition) is 3. The van der Waals surface area contributed by atoms with E-state index >= 15 is 0 Å². The van der Waals surface area contributed by atoms with Gasteiger partial charge in [-0.2, -0.15) is 0 Å². The minimum atomic E-state index is 0.0722. The Kier molecular flexibility index (Phi) is 3.43. The van der Waals surface area contributed by atoms with E-state index in [9.17, 15) is 9.59 Å². The van der Waals surface area contributed by atoms with Gasteiger partial charge in [0.25, 0.3) is 0 Å². The van der Waals surface area contributed by atoms with Crippen LogP contribution in [0.2, 0.25) is 0 Å². The van der Waals surface area contributed by atoms with Gasteiger partial charge < -0.3 is 15.5 Å². The molecule has 0 aromatic rings. The molecule has 5 nitrogen and oxygen atoms in total. The van der Waals surface area contributed by atoms with E-state index in [0.717, 1.165) is 25.9 Å². The van der Waals surface area contributed by atoms with Crippen LogP contribution in [0.25, 0.3) is 0 Å². The van der Waals surface area contributed by atoms with E-state index < -0.39 is 0 Å².